The van der Waals surface area contributed by atoms with E-state index in [1.807, 2.05) is 0 Å². The number of hydrogen-bond donors (Lipinski definition) is 0. The molecular weight excluding hydrogens is 273 g/mol. The molecular formula is C16H32LiNO2Si. The quantitative estimate of drug-likeness (QED) is 0.447. The van der Waals surface area contributed by atoms with Gasteiger partial charge in [0.25, 0.3) is 0 Å². The van der Waals surface area contributed by atoms with Crippen LogP contribution >= 0.6 is 0 Å². The molecule has 1 aliphatic heterocycles. The van der Waals surface area contributed by atoms with Crippen LogP contribution < -0.4 is 18.9 Å². The predicted octanol–water partition coefficient (Wildman–Crippen LogP) is 0.144. The van der Waals surface area contributed by atoms with Crippen LogP contribution in [0.5, 0.6) is 0 Å². The second-order valence-corrected chi connectivity index (χ2v) is 11.6. The Balaban J connectivity index is 0.00000400. The minimum atomic E-state index is -1.21. The van der Waals surface area contributed by atoms with Crippen molar-refractivity contribution in [2.75, 3.05) is 34.0 Å². The Labute approximate surface area is 144 Å². The first-order valence-corrected chi connectivity index (χ1v) is 11.0. The van der Waals surface area contributed by atoms with Crippen LogP contribution in [0.25, 0.3) is 0 Å². The molecule has 21 heavy (non-hydrogen) atoms. The van der Waals surface area contributed by atoms with E-state index < -0.39 is 8.07 Å². The zero-order valence-corrected chi connectivity index (χ0v) is 15.9. The third-order valence-electron chi connectivity index (χ3n) is 4.38. The minimum Gasteiger partial charge on any atom is -0.383 e. The van der Waals surface area contributed by atoms with Gasteiger partial charge >= 0.3 is 18.9 Å². The molecule has 3 nitrogen and oxygen atoms in total. The summed E-state index contributed by atoms with van der Waals surface area (Å²) in [5.74, 6) is 0. The molecule has 0 unspecified atom stereocenters. The Bertz CT molecular complexity index is 299. The first-order valence-electron chi connectivity index (χ1n) is 7.70. The number of methoxy groups -OCH3 is 2. The van der Waals surface area contributed by atoms with E-state index in [2.05, 4.69) is 37.5 Å². The Morgan fingerprint density at radius 1 is 1.19 bits per heavy atom. The van der Waals surface area contributed by atoms with Gasteiger partial charge in [-0.15, -0.1) is 0 Å². The fourth-order valence-corrected chi connectivity index (χ4v) is 4.35. The zero-order valence-electron chi connectivity index (χ0n) is 14.9. The molecule has 0 amide bonds. The summed E-state index contributed by atoms with van der Waals surface area (Å²) in [6.07, 6.45) is 2.40. The van der Waals surface area contributed by atoms with Gasteiger partial charge in [-0.1, -0.05) is 26.1 Å². The van der Waals surface area contributed by atoms with Crippen LogP contribution in [-0.2, 0) is 9.47 Å². The van der Waals surface area contributed by atoms with E-state index in [-0.39, 0.29) is 18.9 Å². The topological polar surface area (TPSA) is 21.7 Å². The summed E-state index contributed by atoms with van der Waals surface area (Å²) in [4.78, 5) is 2.53. The monoisotopic (exact) mass is 305 g/mol. The molecule has 118 valence electrons. The van der Waals surface area contributed by atoms with Gasteiger partial charge in [0.15, 0.2) is 0 Å². The van der Waals surface area contributed by atoms with E-state index in [0.29, 0.717) is 12.1 Å². The molecule has 1 aliphatic rings. The maximum Gasteiger partial charge on any atom is 1.00 e. The van der Waals surface area contributed by atoms with Crippen molar-refractivity contribution in [3.63, 3.8) is 0 Å². The fourth-order valence-electron chi connectivity index (χ4n) is 2.95. The van der Waals surface area contributed by atoms with Crippen molar-refractivity contribution in [2.45, 2.75) is 51.0 Å². The van der Waals surface area contributed by atoms with Gasteiger partial charge in [-0.2, -0.15) is 0 Å². The third-order valence-corrected chi connectivity index (χ3v) is 7.39. The van der Waals surface area contributed by atoms with Crippen LogP contribution in [0.3, 0.4) is 0 Å². The van der Waals surface area contributed by atoms with Gasteiger partial charge in [-0.3, -0.25) is 4.90 Å². The maximum atomic E-state index is 5.37. The van der Waals surface area contributed by atoms with Gasteiger partial charge in [0.05, 0.1) is 13.2 Å². The van der Waals surface area contributed by atoms with Gasteiger partial charge in [0, 0.05) is 26.3 Å². The average Bonchev–Trinajstić information content (AvgIpc) is 2.73. The van der Waals surface area contributed by atoms with Crippen LogP contribution in [0.4, 0.5) is 0 Å². The molecule has 1 saturated heterocycles. The van der Waals surface area contributed by atoms with Crippen LogP contribution in [0.1, 0.15) is 19.8 Å². The third kappa shape index (κ3) is 6.94. The van der Waals surface area contributed by atoms with Crippen molar-refractivity contribution in [2.24, 2.45) is 0 Å². The Morgan fingerprint density at radius 2 is 1.67 bits per heavy atom. The first kappa shape index (κ1) is 21.3. The maximum absolute atomic E-state index is 5.37. The molecule has 1 heterocycles. The Morgan fingerprint density at radius 3 is 2.05 bits per heavy atom. The van der Waals surface area contributed by atoms with E-state index in [9.17, 15) is 0 Å². The van der Waals surface area contributed by atoms with Gasteiger partial charge < -0.3 is 9.47 Å². The van der Waals surface area contributed by atoms with Crippen molar-refractivity contribution in [1.82, 2.24) is 4.90 Å². The second-order valence-electron chi connectivity index (χ2n) is 6.61. The van der Waals surface area contributed by atoms with Gasteiger partial charge in [-0.05, 0) is 27.5 Å². The number of rotatable bonds is 9. The molecule has 0 N–H and O–H groups in total. The van der Waals surface area contributed by atoms with Crippen molar-refractivity contribution >= 4 is 8.07 Å². The molecule has 0 spiro atoms. The number of hydrogen-bond acceptors (Lipinski definition) is 3. The number of nitrogens with zero attached hydrogens (tertiary/aromatic N) is 1. The van der Waals surface area contributed by atoms with Crippen molar-refractivity contribution in [1.29, 1.82) is 0 Å². The second kappa shape index (κ2) is 10.1. The van der Waals surface area contributed by atoms with Crippen molar-refractivity contribution in [3.8, 4) is 0 Å². The smallest absolute Gasteiger partial charge is 0.383 e. The fraction of sp³-hybridized carbons (Fsp3) is 0.812. The van der Waals surface area contributed by atoms with Crippen molar-refractivity contribution in [3.05, 3.63) is 18.2 Å². The molecule has 5 heteroatoms. The summed E-state index contributed by atoms with van der Waals surface area (Å²) in [5, 5.41) is 0. The van der Waals surface area contributed by atoms with Gasteiger partial charge in [-0.25, -0.2) is 18.2 Å². The van der Waals surface area contributed by atoms with Gasteiger partial charge in [0.1, 0.15) is 0 Å². The molecule has 0 bridgehead atoms. The normalized spacial score (nSPS) is 22.9. The summed E-state index contributed by atoms with van der Waals surface area (Å²) < 4.78 is 10.7. The first-order chi connectivity index (χ1) is 9.43. The Hall–Kier alpha value is 0.304. The molecule has 0 radical (unpaired) electrons. The van der Waals surface area contributed by atoms with E-state index in [1.54, 1.807) is 14.2 Å². The summed E-state index contributed by atoms with van der Waals surface area (Å²) in [7, 11) is 2.37. The molecule has 1 rings (SSSR count). The van der Waals surface area contributed by atoms with Crippen LogP contribution in [-0.4, -0.2) is 59.0 Å². The Kier molecular flexibility index (Phi) is 10.3. The summed E-state index contributed by atoms with van der Waals surface area (Å²) in [5.41, 5.74) is 1.27. The standard InChI is InChI=1S/C16H32NO2Si.Li/c1-7-20(5,6)13-14(2)10-17-15(11-18-3)8-9-16(17)12-19-4;/h13,15-16H,2,7-12H2,1,3-6H3;/q-1;+1/t15-,16+;. The van der Waals surface area contributed by atoms with E-state index in [4.69, 9.17) is 9.47 Å². The zero-order chi connectivity index (χ0) is 15.2. The van der Waals surface area contributed by atoms with Crippen LogP contribution in [0, 0.1) is 6.04 Å². The SMILES string of the molecule is C=C([CH-][Si](C)(C)CC)CN1[C@@H](COC)CC[C@H]1COC.[Li+]. The van der Waals surface area contributed by atoms with E-state index in [1.165, 1.54) is 24.5 Å². The van der Waals surface area contributed by atoms with Crippen LogP contribution in [0.15, 0.2) is 12.2 Å². The molecule has 0 aromatic rings. The summed E-state index contributed by atoms with van der Waals surface area (Å²) in [6.45, 7) is 14.0. The summed E-state index contributed by atoms with van der Waals surface area (Å²) in [6, 6.07) is 4.75. The molecule has 0 aliphatic carbocycles. The van der Waals surface area contributed by atoms with Gasteiger partial charge in [0.2, 0.25) is 0 Å². The minimum absolute atomic E-state index is 0. The predicted molar refractivity (Wildman–Crippen MR) is 88.7 cm³/mol. The number of likely N-dealkylation sites (tertiary alicyclic amines) is 1. The largest absolute Gasteiger partial charge is 1.00 e. The molecule has 0 aromatic carbocycles. The molecule has 1 fully saturated rings. The van der Waals surface area contributed by atoms with E-state index in [0.717, 1.165) is 19.8 Å². The van der Waals surface area contributed by atoms with Crippen molar-refractivity contribution < 1.29 is 28.3 Å². The summed E-state index contributed by atoms with van der Waals surface area (Å²) >= 11 is 0. The molecule has 2 atom stereocenters. The molecule has 0 saturated carbocycles. The van der Waals surface area contributed by atoms with E-state index >= 15 is 0 Å². The average molecular weight is 305 g/mol. The van der Waals surface area contributed by atoms with Crippen LogP contribution in [0.2, 0.25) is 19.1 Å². The molecule has 0 aromatic heterocycles. The number of ether oxygens (including phenoxy) is 2.